The van der Waals surface area contributed by atoms with Crippen LogP contribution in [0.2, 0.25) is 0 Å². The van der Waals surface area contributed by atoms with E-state index in [4.69, 9.17) is 4.74 Å². The highest BCUT2D eigenvalue weighted by Gasteiger charge is 2.14. The Kier molecular flexibility index (Phi) is 6.78. The smallest absolute Gasteiger partial charge is 0.276 e. The van der Waals surface area contributed by atoms with Gasteiger partial charge in [0.25, 0.3) is 11.5 Å². The van der Waals surface area contributed by atoms with Crippen LogP contribution in [-0.4, -0.2) is 28.9 Å². The first kappa shape index (κ1) is 22.8. The number of ether oxygens (including phenoxy) is 1. The monoisotopic (exact) mass is 433 g/mol. The number of nitrogens with zero attached hydrogens (tertiary/aromatic N) is 2. The van der Waals surface area contributed by atoms with E-state index in [1.54, 1.807) is 24.4 Å². The van der Waals surface area contributed by atoms with Gasteiger partial charge in [-0.25, -0.2) is 5.43 Å². The standard InChI is InChI=1S/C25H27N3O4/c1-25(2,3)19-10-7-17(8-11-19)16-28-13-5-6-20(24(28)31)23(30)27-26-15-18-9-12-21(29)22(14-18)32-4/h5-15,29H,16H2,1-4H3,(H,27,30)/b26-15-. The topological polar surface area (TPSA) is 92.9 Å². The molecule has 32 heavy (non-hydrogen) atoms. The Labute approximate surface area is 187 Å². The number of rotatable bonds is 6. The number of phenolic OH excluding ortho intramolecular Hbond substituents is 1. The van der Waals surface area contributed by atoms with E-state index in [9.17, 15) is 14.7 Å². The van der Waals surface area contributed by atoms with Crippen molar-refractivity contribution < 1.29 is 14.6 Å². The molecule has 166 valence electrons. The number of carbonyl (C=O) groups is 1. The van der Waals surface area contributed by atoms with Crippen molar-refractivity contribution in [1.29, 1.82) is 0 Å². The summed E-state index contributed by atoms with van der Waals surface area (Å²) in [4.78, 5) is 25.3. The average molecular weight is 434 g/mol. The molecule has 0 aliphatic heterocycles. The lowest BCUT2D eigenvalue weighted by Crippen LogP contribution is -2.30. The molecule has 1 heterocycles. The van der Waals surface area contributed by atoms with Crippen LogP contribution < -0.4 is 15.7 Å². The first-order valence-electron chi connectivity index (χ1n) is 10.2. The molecule has 0 aliphatic rings. The van der Waals surface area contributed by atoms with Gasteiger partial charge in [0.05, 0.1) is 19.9 Å². The fourth-order valence-corrected chi connectivity index (χ4v) is 3.14. The maximum Gasteiger partial charge on any atom is 0.276 e. The van der Waals surface area contributed by atoms with Gasteiger partial charge in [-0.05, 0) is 52.4 Å². The third-order valence-electron chi connectivity index (χ3n) is 5.02. The lowest BCUT2D eigenvalue weighted by molar-refractivity contribution is 0.0953. The molecule has 0 unspecified atom stereocenters. The maximum absolute atomic E-state index is 12.8. The number of phenols is 1. The van der Waals surface area contributed by atoms with Gasteiger partial charge in [-0.3, -0.25) is 9.59 Å². The van der Waals surface area contributed by atoms with Crippen LogP contribution in [0, 0.1) is 0 Å². The summed E-state index contributed by atoms with van der Waals surface area (Å²) in [6, 6.07) is 15.9. The van der Waals surface area contributed by atoms with Gasteiger partial charge in [0.2, 0.25) is 0 Å². The molecule has 3 aromatic rings. The Hall–Kier alpha value is -3.87. The lowest BCUT2D eigenvalue weighted by atomic mass is 9.87. The third kappa shape index (κ3) is 5.43. The number of amides is 1. The Morgan fingerprint density at radius 1 is 1.16 bits per heavy atom. The fraction of sp³-hybridized carbons (Fsp3) is 0.240. The first-order valence-corrected chi connectivity index (χ1v) is 10.2. The van der Waals surface area contributed by atoms with Gasteiger partial charge in [0.15, 0.2) is 11.5 Å². The number of aromatic nitrogens is 1. The Morgan fingerprint density at radius 2 is 1.88 bits per heavy atom. The number of carbonyl (C=O) groups excluding carboxylic acids is 1. The molecule has 2 aromatic carbocycles. The number of hydrogen-bond acceptors (Lipinski definition) is 5. The van der Waals surface area contributed by atoms with E-state index < -0.39 is 11.5 Å². The van der Waals surface area contributed by atoms with Gasteiger partial charge in [-0.2, -0.15) is 5.10 Å². The Bertz CT molecular complexity index is 1190. The summed E-state index contributed by atoms with van der Waals surface area (Å²) in [6.07, 6.45) is 3.06. The van der Waals surface area contributed by atoms with E-state index in [0.29, 0.717) is 17.9 Å². The van der Waals surface area contributed by atoms with Crippen molar-refractivity contribution in [1.82, 2.24) is 9.99 Å². The zero-order valence-electron chi connectivity index (χ0n) is 18.6. The predicted octanol–water partition coefficient (Wildman–Crippen LogP) is 3.67. The number of pyridine rings is 1. The molecule has 0 saturated heterocycles. The van der Waals surface area contributed by atoms with Crippen molar-refractivity contribution in [3.05, 3.63) is 93.4 Å². The second-order valence-corrected chi connectivity index (χ2v) is 8.43. The van der Waals surface area contributed by atoms with Crippen molar-refractivity contribution >= 4 is 12.1 Å². The van der Waals surface area contributed by atoms with Crippen LogP contribution in [0.4, 0.5) is 0 Å². The van der Waals surface area contributed by atoms with Crippen LogP contribution in [0.15, 0.2) is 70.7 Å². The molecular weight excluding hydrogens is 406 g/mol. The molecule has 7 nitrogen and oxygen atoms in total. The molecule has 3 rings (SSSR count). The van der Waals surface area contributed by atoms with Crippen LogP contribution in [0.25, 0.3) is 0 Å². The predicted molar refractivity (Wildman–Crippen MR) is 125 cm³/mol. The number of benzene rings is 2. The number of aromatic hydroxyl groups is 1. The van der Waals surface area contributed by atoms with E-state index in [-0.39, 0.29) is 16.7 Å². The first-order chi connectivity index (χ1) is 15.2. The summed E-state index contributed by atoms with van der Waals surface area (Å²) in [5.41, 5.74) is 4.82. The second-order valence-electron chi connectivity index (χ2n) is 8.43. The maximum atomic E-state index is 12.8. The minimum Gasteiger partial charge on any atom is -0.504 e. The summed E-state index contributed by atoms with van der Waals surface area (Å²) in [5, 5.41) is 13.5. The fourth-order valence-electron chi connectivity index (χ4n) is 3.14. The summed E-state index contributed by atoms with van der Waals surface area (Å²) < 4.78 is 6.54. The molecule has 0 bridgehead atoms. The zero-order chi connectivity index (χ0) is 23.3. The largest absolute Gasteiger partial charge is 0.504 e. The summed E-state index contributed by atoms with van der Waals surface area (Å²) in [5.74, 6) is -0.303. The lowest BCUT2D eigenvalue weighted by Gasteiger charge is -2.19. The van der Waals surface area contributed by atoms with Gasteiger partial charge in [0, 0.05) is 6.20 Å². The van der Waals surface area contributed by atoms with E-state index in [0.717, 1.165) is 5.56 Å². The van der Waals surface area contributed by atoms with Gasteiger partial charge in [-0.15, -0.1) is 0 Å². The van der Waals surface area contributed by atoms with Crippen LogP contribution in [0.3, 0.4) is 0 Å². The molecule has 2 N–H and O–H groups in total. The van der Waals surface area contributed by atoms with E-state index in [1.165, 1.54) is 35.6 Å². The molecule has 1 aromatic heterocycles. The van der Waals surface area contributed by atoms with E-state index in [2.05, 4.69) is 43.4 Å². The Balaban J connectivity index is 1.72. The number of methoxy groups -OCH3 is 1. The highest BCUT2D eigenvalue weighted by molar-refractivity contribution is 5.94. The highest BCUT2D eigenvalue weighted by atomic mass is 16.5. The molecule has 0 aliphatic carbocycles. The van der Waals surface area contributed by atoms with Crippen molar-refractivity contribution in [2.45, 2.75) is 32.7 Å². The molecule has 7 heteroatoms. The minimum absolute atomic E-state index is 0.000696. The van der Waals surface area contributed by atoms with Gasteiger partial charge in [0.1, 0.15) is 5.56 Å². The van der Waals surface area contributed by atoms with Crippen LogP contribution in [0.5, 0.6) is 11.5 Å². The van der Waals surface area contributed by atoms with Crippen molar-refractivity contribution in [3.63, 3.8) is 0 Å². The molecular formula is C25H27N3O4. The van der Waals surface area contributed by atoms with Crippen molar-refractivity contribution in [2.75, 3.05) is 7.11 Å². The highest BCUT2D eigenvalue weighted by Crippen LogP contribution is 2.25. The normalized spacial score (nSPS) is 11.5. The van der Waals surface area contributed by atoms with Gasteiger partial charge < -0.3 is 14.4 Å². The van der Waals surface area contributed by atoms with Crippen molar-refractivity contribution in [2.24, 2.45) is 5.10 Å². The van der Waals surface area contributed by atoms with Gasteiger partial charge >= 0.3 is 0 Å². The zero-order valence-corrected chi connectivity index (χ0v) is 18.6. The Morgan fingerprint density at radius 3 is 2.53 bits per heavy atom. The number of hydrogen-bond donors (Lipinski definition) is 2. The second kappa shape index (κ2) is 9.51. The van der Waals surface area contributed by atoms with E-state index in [1.807, 2.05) is 12.1 Å². The van der Waals surface area contributed by atoms with Gasteiger partial charge in [-0.1, -0.05) is 45.0 Å². The summed E-state index contributed by atoms with van der Waals surface area (Å²) in [6.45, 7) is 6.81. The molecule has 0 radical (unpaired) electrons. The molecule has 0 saturated carbocycles. The van der Waals surface area contributed by atoms with Crippen molar-refractivity contribution in [3.8, 4) is 11.5 Å². The third-order valence-corrected chi connectivity index (χ3v) is 5.02. The van der Waals surface area contributed by atoms with E-state index >= 15 is 0 Å². The molecule has 0 spiro atoms. The quantitative estimate of drug-likeness (QED) is 0.458. The number of hydrazone groups is 1. The molecule has 0 atom stereocenters. The summed E-state index contributed by atoms with van der Waals surface area (Å²) >= 11 is 0. The minimum atomic E-state index is -0.602. The SMILES string of the molecule is COc1cc(/C=N\NC(=O)c2cccn(Cc3ccc(C(C)(C)C)cc3)c2=O)ccc1O. The van der Waals surface area contributed by atoms with Crippen LogP contribution in [0.1, 0.15) is 47.8 Å². The number of nitrogens with one attached hydrogen (secondary N) is 1. The summed E-state index contributed by atoms with van der Waals surface area (Å²) in [7, 11) is 1.44. The van der Waals surface area contributed by atoms with Crippen LogP contribution >= 0.6 is 0 Å². The average Bonchev–Trinajstić information content (AvgIpc) is 2.76. The molecule has 0 fully saturated rings. The molecule has 1 amide bonds. The van der Waals surface area contributed by atoms with Crippen LogP contribution in [-0.2, 0) is 12.0 Å².